The van der Waals surface area contributed by atoms with E-state index in [9.17, 15) is 18.0 Å². The number of oxime groups is 1. The van der Waals surface area contributed by atoms with Gasteiger partial charge in [0.2, 0.25) is 0 Å². The van der Waals surface area contributed by atoms with Crippen molar-refractivity contribution in [1.29, 1.82) is 0 Å². The molecule has 5 nitrogen and oxygen atoms in total. The van der Waals surface area contributed by atoms with Crippen molar-refractivity contribution in [2.75, 3.05) is 0 Å². The number of carbonyl (C=O) groups excluding carboxylic acids is 1. The summed E-state index contributed by atoms with van der Waals surface area (Å²) in [6.07, 6.45) is -4.52. The van der Waals surface area contributed by atoms with Crippen LogP contribution in [-0.4, -0.2) is 23.0 Å². The van der Waals surface area contributed by atoms with Gasteiger partial charge in [-0.25, -0.2) is 0 Å². The minimum absolute atomic E-state index is 0.160. The molecule has 1 amide bonds. The zero-order valence-corrected chi connectivity index (χ0v) is 9.90. The lowest BCUT2D eigenvalue weighted by molar-refractivity contribution is -0.137. The minimum Gasteiger partial charge on any atom is -0.409 e. The highest BCUT2D eigenvalue weighted by Crippen LogP contribution is 2.29. The SMILES string of the molecule is CC(NC(=O)c1cccc(C(F)(F)F)c1)/C(N)=N/O. The van der Waals surface area contributed by atoms with Gasteiger partial charge < -0.3 is 16.3 Å². The molecule has 1 unspecified atom stereocenters. The van der Waals surface area contributed by atoms with Crippen LogP contribution in [0.2, 0.25) is 0 Å². The molecular weight excluding hydrogens is 263 g/mol. The summed E-state index contributed by atoms with van der Waals surface area (Å²) in [5, 5.41) is 13.4. The molecule has 1 aromatic rings. The molecule has 104 valence electrons. The van der Waals surface area contributed by atoms with Crippen molar-refractivity contribution >= 4 is 11.7 Å². The third kappa shape index (κ3) is 3.87. The van der Waals surface area contributed by atoms with E-state index >= 15 is 0 Å². The van der Waals surface area contributed by atoms with Crippen LogP contribution in [0.4, 0.5) is 13.2 Å². The van der Waals surface area contributed by atoms with E-state index in [1.807, 2.05) is 0 Å². The highest BCUT2D eigenvalue weighted by molar-refractivity contribution is 5.98. The maximum atomic E-state index is 12.5. The molecule has 0 saturated heterocycles. The lowest BCUT2D eigenvalue weighted by Crippen LogP contribution is -2.42. The first-order chi connectivity index (χ1) is 8.75. The van der Waals surface area contributed by atoms with Crippen molar-refractivity contribution < 1.29 is 23.2 Å². The number of nitrogens with two attached hydrogens (primary N) is 1. The Labute approximate surface area is 106 Å². The van der Waals surface area contributed by atoms with Crippen molar-refractivity contribution in [3.8, 4) is 0 Å². The highest BCUT2D eigenvalue weighted by atomic mass is 19.4. The fourth-order valence-corrected chi connectivity index (χ4v) is 1.28. The summed E-state index contributed by atoms with van der Waals surface area (Å²) in [6, 6.07) is 3.17. The van der Waals surface area contributed by atoms with Gasteiger partial charge in [0, 0.05) is 5.56 Å². The molecule has 0 radical (unpaired) electrons. The van der Waals surface area contributed by atoms with E-state index in [2.05, 4.69) is 10.5 Å². The molecular formula is C11H12F3N3O2. The van der Waals surface area contributed by atoms with Gasteiger partial charge in [0.15, 0.2) is 5.84 Å². The maximum Gasteiger partial charge on any atom is 0.416 e. The molecule has 0 bridgehead atoms. The van der Waals surface area contributed by atoms with Crippen LogP contribution in [0.3, 0.4) is 0 Å². The molecule has 0 saturated carbocycles. The Kier molecular flexibility index (Phi) is 4.36. The second kappa shape index (κ2) is 5.59. The lowest BCUT2D eigenvalue weighted by Gasteiger charge is -2.13. The standard InChI is InChI=1S/C11H12F3N3O2/c1-6(9(15)17-19)16-10(18)7-3-2-4-8(5-7)11(12,13)14/h2-6,19H,1H3,(H2,15,17)(H,16,18). The first-order valence-corrected chi connectivity index (χ1v) is 5.21. The monoisotopic (exact) mass is 275 g/mol. The lowest BCUT2D eigenvalue weighted by atomic mass is 10.1. The molecule has 0 spiro atoms. The summed E-state index contributed by atoms with van der Waals surface area (Å²) in [6.45, 7) is 1.43. The third-order valence-corrected chi connectivity index (χ3v) is 2.36. The Bertz CT molecular complexity index is 500. The van der Waals surface area contributed by atoms with Gasteiger partial charge in [0.1, 0.15) is 0 Å². The Morgan fingerprint density at radius 3 is 2.63 bits per heavy atom. The van der Waals surface area contributed by atoms with Gasteiger partial charge in [-0.3, -0.25) is 4.79 Å². The predicted molar refractivity (Wildman–Crippen MR) is 61.8 cm³/mol. The summed E-state index contributed by atoms with van der Waals surface area (Å²) in [7, 11) is 0. The van der Waals surface area contributed by atoms with Crippen LogP contribution in [0.15, 0.2) is 29.4 Å². The first-order valence-electron chi connectivity index (χ1n) is 5.21. The topological polar surface area (TPSA) is 87.7 Å². The second-order valence-corrected chi connectivity index (χ2v) is 3.80. The molecule has 1 atom stereocenters. The molecule has 8 heteroatoms. The van der Waals surface area contributed by atoms with Crippen molar-refractivity contribution in [2.24, 2.45) is 10.9 Å². The number of amides is 1. The van der Waals surface area contributed by atoms with Crippen molar-refractivity contribution in [3.63, 3.8) is 0 Å². The number of alkyl halides is 3. The van der Waals surface area contributed by atoms with Crippen LogP contribution >= 0.6 is 0 Å². The van der Waals surface area contributed by atoms with E-state index < -0.39 is 23.7 Å². The Hall–Kier alpha value is -2.25. The van der Waals surface area contributed by atoms with E-state index in [0.29, 0.717) is 0 Å². The van der Waals surface area contributed by atoms with Crippen LogP contribution < -0.4 is 11.1 Å². The smallest absolute Gasteiger partial charge is 0.409 e. The van der Waals surface area contributed by atoms with Crippen LogP contribution in [0, 0.1) is 0 Å². The minimum atomic E-state index is -4.52. The molecule has 0 aliphatic carbocycles. The molecule has 0 fully saturated rings. The second-order valence-electron chi connectivity index (χ2n) is 3.80. The first kappa shape index (κ1) is 14.8. The van der Waals surface area contributed by atoms with E-state index in [4.69, 9.17) is 10.9 Å². The van der Waals surface area contributed by atoms with Gasteiger partial charge >= 0.3 is 6.18 Å². The maximum absolute atomic E-state index is 12.5. The van der Waals surface area contributed by atoms with E-state index in [1.54, 1.807) is 0 Å². The number of hydrogen-bond donors (Lipinski definition) is 3. The number of nitrogens with one attached hydrogen (secondary N) is 1. The van der Waals surface area contributed by atoms with Gasteiger partial charge in [0.05, 0.1) is 11.6 Å². The molecule has 0 aliphatic rings. The molecule has 0 heterocycles. The van der Waals surface area contributed by atoms with Gasteiger partial charge in [-0.15, -0.1) is 0 Å². The summed E-state index contributed by atoms with van der Waals surface area (Å²) in [5.41, 5.74) is 4.17. The summed E-state index contributed by atoms with van der Waals surface area (Å²) in [4.78, 5) is 11.7. The number of halogens is 3. The number of carbonyl (C=O) groups is 1. The number of amidine groups is 1. The number of nitrogens with zero attached hydrogens (tertiary/aromatic N) is 1. The van der Waals surface area contributed by atoms with Crippen LogP contribution in [0.1, 0.15) is 22.8 Å². The summed E-state index contributed by atoms with van der Waals surface area (Å²) >= 11 is 0. The molecule has 1 aromatic carbocycles. The fraction of sp³-hybridized carbons (Fsp3) is 0.273. The number of hydrogen-bond acceptors (Lipinski definition) is 3. The predicted octanol–water partition coefficient (Wildman–Crippen LogP) is 1.57. The largest absolute Gasteiger partial charge is 0.416 e. The van der Waals surface area contributed by atoms with Gasteiger partial charge in [-0.05, 0) is 25.1 Å². The normalized spacial score (nSPS) is 14.0. The Morgan fingerprint density at radius 2 is 2.11 bits per heavy atom. The number of rotatable bonds is 3. The zero-order chi connectivity index (χ0) is 14.6. The quantitative estimate of drug-likeness (QED) is 0.338. The van der Waals surface area contributed by atoms with E-state index in [0.717, 1.165) is 18.2 Å². The van der Waals surface area contributed by atoms with Crippen molar-refractivity contribution in [3.05, 3.63) is 35.4 Å². The summed E-state index contributed by atoms with van der Waals surface area (Å²) < 4.78 is 37.4. The average Bonchev–Trinajstić information content (AvgIpc) is 2.36. The van der Waals surface area contributed by atoms with Crippen molar-refractivity contribution in [1.82, 2.24) is 5.32 Å². The van der Waals surface area contributed by atoms with E-state index in [1.165, 1.54) is 13.0 Å². The Balaban J connectivity index is 2.90. The average molecular weight is 275 g/mol. The van der Waals surface area contributed by atoms with Gasteiger partial charge in [-0.1, -0.05) is 11.2 Å². The van der Waals surface area contributed by atoms with Crippen LogP contribution in [0.5, 0.6) is 0 Å². The fourth-order valence-electron chi connectivity index (χ4n) is 1.28. The van der Waals surface area contributed by atoms with E-state index in [-0.39, 0.29) is 11.4 Å². The molecule has 0 aliphatic heterocycles. The van der Waals surface area contributed by atoms with Gasteiger partial charge in [0.25, 0.3) is 5.91 Å². The molecule has 1 rings (SSSR count). The third-order valence-electron chi connectivity index (χ3n) is 2.36. The highest BCUT2D eigenvalue weighted by Gasteiger charge is 2.31. The zero-order valence-electron chi connectivity index (χ0n) is 9.90. The molecule has 0 aromatic heterocycles. The van der Waals surface area contributed by atoms with Gasteiger partial charge in [-0.2, -0.15) is 13.2 Å². The number of benzene rings is 1. The summed E-state index contributed by atoms with van der Waals surface area (Å²) in [5.74, 6) is -0.995. The van der Waals surface area contributed by atoms with Crippen molar-refractivity contribution in [2.45, 2.75) is 19.1 Å². The van der Waals surface area contributed by atoms with Crippen LogP contribution in [0.25, 0.3) is 0 Å². The Morgan fingerprint density at radius 1 is 1.47 bits per heavy atom. The van der Waals surface area contributed by atoms with Crippen LogP contribution in [-0.2, 0) is 6.18 Å². The molecule has 4 N–H and O–H groups in total. The molecule has 19 heavy (non-hydrogen) atoms.